The minimum Gasteiger partial charge on any atom is -0.368 e. The van der Waals surface area contributed by atoms with E-state index in [0.717, 1.165) is 30.4 Å². The highest BCUT2D eigenvalue weighted by atomic mass is 35.5. The van der Waals surface area contributed by atoms with Crippen molar-refractivity contribution in [1.82, 2.24) is 15.5 Å². The molecule has 0 aromatic heterocycles. The Morgan fingerprint density at radius 2 is 2.08 bits per heavy atom. The number of carbonyl (C=O) groups is 2. The Bertz CT molecular complexity index is 601. The summed E-state index contributed by atoms with van der Waals surface area (Å²) >= 11 is 7.72. The molecule has 2 saturated heterocycles. The molecule has 1 atom stereocenters. The smallest absolute Gasteiger partial charge is 0.242 e. The Hall–Kier alpha value is -1.44. The van der Waals surface area contributed by atoms with Crippen LogP contribution in [-0.4, -0.2) is 67.1 Å². The first-order valence-corrected chi connectivity index (χ1v) is 9.54. The van der Waals surface area contributed by atoms with Crippen molar-refractivity contribution in [3.05, 3.63) is 29.3 Å². The van der Waals surface area contributed by atoms with E-state index in [2.05, 4.69) is 15.5 Å². The van der Waals surface area contributed by atoms with Gasteiger partial charge in [0.15, 0.2) is 0 Å². The van der Waals surface area contributed by atoms with Crippen LogP contribution in [0.15, 0.2) is 24.3 Å². The number of anilines is 1. The zero-order valence-corrected chi connectivity index (χ0v) is 14.9. The molecule has 0 aliphatic carbocycles. The quantitative estimate of drug-likeness (QED) is 0.821. The highest BCUT2D eigenvalue weighted by Crippen LogP contribution is 2.20. The third-order valence-electron chi connectivity index (χ3n) is 4.25. The Balaban J connectivity index is 1.44. The van der Waals surface area contributed by atoms with Crippen LogP contribution in [0, 0.1) is 0 Å². The normalized spacial score (nSPS) is 21.0. The monoisotopic (exact) mass is 368 g/mol. The number of hydrogen-bond donors (Lipinski definition) is 2. The lowest BCUT2D eigenvalue weighted by Crippen LogP contribution is -2.52. The van der Waals surface area contributed by atoms with Crippen LogP contribution in [0.5, 0.6) is 0 Å². The Morgan fingerprint density at radius 3 is 2.75 bits per heavy atom. The van der Waals surface area contributed by atoms with Gasteiger partial charge in [0.2, 0.25) is 11.8 Å². The number of nitrogens with one attached hydrogen (secondary N) is 2. The molecule has 1 unspecified atom stereocenters. The van der Waals surface area contributed by atoms with Crippen molar-refractivity contribution in [3.8, 4) is 0 Å². The molecule has 2 aliphatic rings. The van der Waals surface area contributed by atoms with Gasteiger partial charge in [-0.1, -0.05) is 17.7 Å². The van der Waals surface area contributed by atoms with E-state index in [1.165, 1.54) is 0 Å². The van der Waals surface area contributed by atoms with Gasteiger partial charge in [0.05, 0.1) is 12.6 Å². The van der Waals surface area contributed by atoms with Crippen molar-refractivity contribution in [2.75, 3.05) is 49.3 Å². The van der Waals surface area contributed by atoms with Gasteiger partial charge in [-0.3, -0.25) is 14.9 Å². The van der Waals surface area contributed by atoms with Crippen molar-refractivity contribution in [2.24, 2.45) is 0 Å². The van der Waals surface area contributed by atoms with Crippen LogP contribution in [0.3, 0.4) is 0 Å². The standard InChI is InChI=1S/C16H21ClN4O2S/c17-12-2-1-3-13(8-12)20-4-6-21(7-5-20)15(22)9-18-16(23)14-10-24-11-19-14/h1-3,8,14,19H,4-7,9-11H2,(H,18,23). The zero-order chi connectivity index (χ0) is 16.9. The number of nitrogens with zero attached hydrogens (tertiary/aromatic N) is 2. The number of rotatable bonds is 4. The fourth-order valence-electron chi connectivity index (χ4n) is 2.85. The molecule has 2 aliphatic heterocycles. The average molecular weight is 369 g/mol. The Kier molecular flexibility index (Phi) is 5.86. The molecule has 0 radical (unpaired) electrons. The molecule has 2 N–H and O–H groups in total. The third kappa shape index (κ3) is 4.34. The first-order chi connectivity index (χ1) is 11.6. The molecule has 0 saturated carbocycles. The molecule has 2 fully saturated rings. The second-order valence-corrected chi connectivity index (χ2v) is 7.30. The van der Waals surface area contributed by atoms with Crippen molar-refractivity contribution in [3.63, 3.8) is 0 Å². The van der Waals surface area contributed by atoms with Gasteiger partial charge in [0, 0.05) is 48.5 Å². The van der Waals surface area contributed by atoms with E-state index in [4.69, 9.17) is 11.6 Å². The summed E-state index contributed by atoms with van der Waals surface area (Å²) < 4.78 is 0. The van der Waals surface area contributed by atoms with Gasteiger partial charge in [0.25, 0.3) is 0 Å². The predicted octanol–water partition coefficient (Wildman–Crippen LogP) is 0.767. The summed E-state index contributed by atoms with van der Waals surface area (Å²) in [5.41, 5.74) is 1.08. The van der Waals surface area contributed by atoms with E-state index in [1.807, 2.05) is 24.3 Å². The first kappa shape index (κ1) is 17.4. The molecule has 0 spiro atoms. The summed E-state index contributed by atoms with van der Waals surface area (Å²) in [6, 6.07) is 7.57. The SMILES string of the molecule is O=C(NCC(=O)N1CCN(c2cccc(Cl)c2)CC1)C1CSCN1. The lowest BCUT2D eigenvalue weighted by Gasteiger charge is -2.36. The minimum atomic E-state index is -0.178. The van der Waals surface area contributed by atoms with E-state index >= 15 is 0 Å². The van der Waals surface area contributed by atoms with Crippen LogP contribution in [-0.2, 0) is 9.59 Å². The Morgan fingerprint density at radius 1 is 1.29 bits per heavy atom. The average Bonchev–Trinajstić information content (AvgIpc) is 3.14. The number of hydrogen-bond acceptors (Lipinski definition) is 5. The zero-order valence-electron chi connectivity index (χ0n) is 13.3. The van der Waals surface area contributed by atoms with E-state index in [0.29, 0.717) is 18.1 Å². The molecule has 6 nitrogen and oxygen atoms in total. The van der Waals surface area contributed by atoms with Gasteiger partial charge in [-0.05, 0) is 18.2 Å². The second-order valence-electron chi connectivity index (χ2n) is 5.84. The lowest BCUT2D eigenvalue weighted by molar-refractivity contribution is -0.133. The van der Waals surface area contributed by atoms with Crippen LogP contribution in [0.2, 0.25) is 5.02 Å². The van der Waals surface area contributed by atoms with Crippen molar-refractivity contribution < 1.29 is 9.59 Å². The van der Waals surface area contributed by atoms with Crippen molar-refractivity contribution >= 4 is 40.9 Å². The number of piperazine rings is 1. The topological polar surface area (TPSA) is 64.7 Å². The summed E-state index contributed by atoms with van der Waals surface area (Å²) in [4.78, 5) is 28.2. The fourth-order valence-corrected chi connectivity index (χ4v) is 3.97. The highest BCUT2D eigenvalue weighted by molar-refractivity contribution is 7.99. The predicted molar refractivity (Wildman–Crippen MR) is 97.5 cm³/mol. The molecular weight excluding hydrogens is 348 g/mol. The lowest BCUT2D eigenvalue weighted by atomic mass is 10.2. The maximum atomic E-state index is 12.3. The molecule has 1 aromatic carbocycles. The van der Waals surface area contributed by atoms with Gasteiger partial charge in [-0.2, -0.15) is 0 Å². The highest BCUT2D eigenvalue weighted by Gasteiger charge is 2.25. The van der Waals surface area contributed by atoms with Crippen molar-refractivity contribution in [2.45, 2.75) is 6.04 Å². The van der Waals surface area contributed by atoms with Gasteiger partial charge < -0.3 is 15.1 Å². The van der Waals surface area contributed by atoms with Gasteiger partial charge in [0.1, 0.15) is 0 Å². The number of carbonyl (C=O) groups excluding carboxylic acids is 2. The molecule has 130 valence electrons. The van der Waals surface area contributed by atoms with E-state index in [-0.39, 0.29) is 24.4 Å². The number of benzene rings is 1. The van der Waals surface area contributed by atoms with Gasteiger partial charge >= 0.3 is 0 Å². The summed E-state index contributed by atoms with van der Waals surface area (Å²) in [7, 11) is 0. The van der Waals surface area contributed by atoms with Gasteiger partial charge in [-0.25, -0.2) is 0 Å². The summed E-state index contributed by atoms with van der Waals surface area (Å²) in [5, 5.41) is 6.55. The molecule has 8 heteroatoms. The summed E-state index contributed by atoms with van der Waals surface area (Å²) in [6.45, 7) is 2.90. The van der Waals surface area contributed by atoms with Crippen LogP contribution in [0.1, 0.15) is 0 Å². The molecule has 0 bridgehead atoms. The third-order valence-corrected chi connectivity index (χ3v) is 5.43. The van der Waals surface area contributed by atoms with Crippen LogP contribution in [0.4, 0.5) is 5.69 Å². The van der Waals surface area contributed by atoms with Crippen LogP contribution in [0.25, 0.3) is 0 Å². The number of halogens is 1. The molecule has 2 heterocycles. The molecular formula is C16H21ClN4O2S. The number of amides is 2. The van der Waals surface area contributed by atoms with E-state index in [9.17, 15) is 9.59 Å². The molecule has 3 rings (SSSR count). The second kappa shape index (κ2) is 8.09. The summed E-state index contributed by atoms with van der Waals surface area (Å²) in [6.07, 6.45) is 0. The van der Waals surface area contributed by atoms with E-state index in [1.54, 1.807) is 16.7 Å². The molecule has 1 aromatic rings. The molecule has 2 amide bonds. The largest absolute Gasteiger partial charge is 0.368 e. The van der Waals surface area contributed by atoms with Crippen molar-refractivity contribution in [1.29, 1.82) is 0 Å². The Labute approximate surface area is 150 Å². The maximum absolute atomic E-state index is 12.3. The van der Waals surface area contributed by atoms with Crippen LogP contribution >= 0.6 is 23.4 Å². The summed E-state index contributed by atoms with van der Waals surface area (Å²) in [5.74, 6) is 1.43. The maximum Gasteiger partial charge on any atom is 0.242 e. The first-order valence-electron chi connectivity index (χ1n) is 8.00. The van der Waals surface area contributed by atoms with E-state index < -0.39 is 0 Å². The number of thioether (sulfide) groups is 1. The molecule has 24 heavy (non-hydrogen) atoms. The van der Waals surface area contributed by atoms with Crippen LogP contribution < -0.4 is 15.5 Å². The minimum absolute atomic E-state index is 0.0280. The van der Waals surface area contributed by atoms with Gasteiger partial charge in [-0.15, -0.1) is 11.8 Å². The fraction of sp³-hybridized carbons (Fsp3) is 0.500.